The minimum atomic E-state index is -0.403. The molecule has 0 atom stereocenters. The van der Waals surface area contributed by atoms with Crippen LogP contribution in [0, 0.1) is 5.41 Å². The number of aromatic nitrogens is 1. The molecule has 1 spiro atoms. The Labute approximate surface area is 141 Å². The van der Waals surface area contributed by atoms with Crippen LogP contribution in [0.4, 0.5) is 0 Å². The normalized spacial score (nSPS) is 22.8. The lowest BCUT2D eigenvalue weighted by molar-refractivity contribution is -0.307. The molecule has 0 unspecified atom stereocenters. The first-order valence-corrected chi connectivity index (χ1v) is 8.50. The van der Waals surface area contributed by atoms with E-state index in [-0.39, 0.29) is 11.2 Å². The first-order valence-electron chi connectivity index (χ1n) is 8.50. The highest BCUT2D eigenvalue weighted by molar-refractivity contribution is 5.75. The smallest absolute Gasteiger partial charge is 0.219 e. The van der Waals surface area contributed by atoms with E-state index in [1.165, 1.54) is 5.57 Å². The average molecular weight is 329 g/mol. The second-order valence-corrected chi connectivity index (χ2v) is 7.66. The van der Waals surface area contributed by atoms with Crippen molar-refractivity contribution in [1.82, 2.24) is 4.98 Å². The van der Waals surface area contributed by atoms with Gasteiger partial charge in [-0.1, -0.05) is 19.4 Å². The second-order valence-electron chi connectivity index (χ2n) is 7.66. The fourth-order valence-corrected chi connectivity index (χ4v) is 3.29. The molecule has 0 amide bonds. The van der Waals surface area contributed by atoms with Crippen LogP contribution < -0.4 is 0 Å². The standard InChI is InChI=1S/C19H23NO4/c1-18(2)11-22-19(23-12-18)7-5-13(6-8-19)9-17-20-15-10-14(21)3-4-16(15)24-17/h3-4,9-10,21H,5-8,11-12H2,1-2H3. The zero-order valence-corrected chi connectivity index (χ0v) is 14.2. The third-order valence-corrected chi connectivity index (χ3v) is 4.82. The summed E-state index contributed by atoms with van der Waals surface area (Å²) in [5.74, 6) is 0.386. The van der Waals surface area contributed by atoms with Gasteiger partial charge in [-0.2, -0.15) is 0 Å². The molecular formula is C19H23NO4. The van der Waals surface area contributed by atoms with E-state index in [1.54, 1.807) is 18.2 Å². The van der Waals surface area contributed by atoms with Crippen molar-refractivity contribution in [1.29, 1.82) is 0 Å². The Morgan fingerprint density at radius 1 is 1.12 bits per heavy atom. The number of hydrogen-bond acceptors (Lipinski definition) is 5. The van der Waals surface area contributed by atoms with Gasteiger partial charge < -0.3 is 19.0 Å². The van der Waals surface area contributed by atoms with Crippen LogP contribution >= 0.6 is 0 Å². The van der Waals surface area contributed by atoms with Crippen LogP contribution in [0.1, 0.15) is 45.4 Å². The number of hydrogen-bond donors (Lipinski definition) is 1. The number of fused-ring (bicyclic) bond motifs is 1. The summed E-state index contributed by atoms with van der Waals surface area (Å²) < 4.78 is 17.9. The van der Waals surface area contributed by atoms with Gasteiger partial charge in [-0.05, 0) is 31.1 Å². The monoisotopic (exact) mass is 329 g/mol. The van der Waals surface area contributed by atoms with Crippen LogP contribution in [0.5, 0.6) is 5.75 Å². The van der Waals surface area contributed by atoms with Gasteiger partial charge >= 0.3 is 0 Å². The molecule has 128 valence electrons. The molecule has 1 N–H and O–H groups in total. The van der Waals surface area contributed by atoms with Crippen LogP contribution in [-0.4, -0.2) is 29.1 Å². The van der Waals surface area contributed by atoms with Crippen LogP contribution in [0.25, 0.3) is 17.2 Å². The lowest BCUT2D eigenvalue weighted by Gasteiger charge is -2.45. The van der Waals surface area contributed by atoms with Gasteiger partial charge in [0.25, 0.3) is 0 Å². The summed E-state index contributed by atoms with van der Waals surface area (Å²) >= 11 is 0. The fraction of sp³-hybridized carbons (Fsp3) is 0.526. The zero-order valence-electron chi connectivity index (χ0n) is 14.2. The minimum absolute atomic E-state index is 0.102. The topological polar surface area (TPSA) is 64.7 Å². The SMILES string of the molecule is CC1(C)COC2(CCC(=Cc3nc4cc(O)ccc4o3)CC2)OC1. The van der Waals surface area contributed by atoms with Crippen molar-refractivity contribution in [2.45, 2.75) is 45.3 Å². The summed E-state index contributed by atoms with van der Waals surface area (Å²) in [7, 11) is 0. The lowest BCUT2D eigenvalue weighted by atomic mass is 9.87. The van der Waals surface area contributed by atoms with Gasteiger partial charge in [-0.15, -0.1) is 0 Å². The number of oxazole rings is 1. The van der Waals surface area contributed by atoms with Crippen molar-refractivity contribution in [3.05, 3.63) is 29.7 Å². The van der Waals surface area contributed by atoms with Gasteiger partial charge in [0, 0.05) is 24.3 Å². The molecule has 1 aliphatic heterocycles. The van der Waals surface area contributed by atoms with Gasteiger partial charge in [-0.3, -0.25) is 0 Å². The van der Waals surface area contributed by atoms with E-state index in [4.69, 9.17) is 13.9 Å². The summed E-state index contributed by atoms with van der Waals surface area (Å²) in [6, 6.07) is 4.96. The number of phenols is 1. The number of rotatable bonds is 1. The predicted octanol–water partition coefficient (Wildman–Crippen LogP) is 4.26. The number of ether oxygens (including phenoxy) is 2. The van der Waals surface area contributed by atoms with Crippen LogP contribution in [0.2, 0.25) is 0 Å². The predicted molar refractivity (Wildman–Crippen MR) is 90.5 cm³/mol. The molecule has 1 saturated heterocycles. The van der Waals surface area contributed by atoms with E-state index in [1.807, 2.05) is 6.08 Å². The van der Waals surface area contributed by atoms with Gasteiger partial charge in [0.15, 0.2) is 11.4 Å². The first-order chi connectivity index (χ1) is 11.4. The molecular weight excluding hydrogens is 306 g/mol. The van der Waals surface area contributed by atoms with Crippen molar-refractivity contribution in [2.75, 3.05) is 13.2 Å². The van der Waals surface area contributed by atoms with E-state index in [2.05, 4.69) is 18.8 Å². The Morgan fingerprint density at radius 3 is 2.54 bits per heavy atom. The molecule has 2 aliphatic rings. The molecule has 5 nitrogen and oxygen atoms in total. The van der Waals surface area contributed by atoms with Gasteiger partial charge in [-0.25, -0.2) is 4.98 Å². The van der Waals surface area contributed by atoms with E-state index < -0.39 is 5.79 Å². The fourth-order valence-electron chi connectivity index (χ4n) is 3.29. The molecule has 1 aromatic heterocycles. The quantitative estimate of drug-likeness (QED) is 0.847. The van der Waals surface area contributed by atoms with Crippen molar-refractivity contribution in [3.8, 4) is 5.75 Å². The zero-order chi connectivity index (χ0) is 16.8. The Balaban J connectivity index is 1.46. The van der Waals surface area contributed by atoms with Crippen LogP contribution in [0.3, 0.4) is 0 Å². The van der Waals surface area contributed by atoms with Gasteiger partial charge in [0.1, 0.15) is 11.3 Å². The maximum atomic E-state index is 9.51. The van der Waals surface area contributed by atoms with E-state index in [9.17, 15) is 5.11 Å². The van der Waals surface area contributed by atoms with Crippen molar-refractivity contribution in [2.24, 2.45) is 5.41 Å². The highest BCUT2D eigenvalue weighted by Gasteiger charge is 2.42. The molecule has 4 rings (SSSR count). The Bertz CT molecular complexity index is 768. The number of allylic oxidation sites excluding steroid dienone is 1. The maximum absolute atomic E-state index is 9.51. The molecule has 2 fully saturated rings. The third-order valence-electron chi connectivity index (χ3n) is 4.82. The molecule has 5 heteroatoms. The average Bonchev–Trinajstić information content (AvgIpc) is 2.94. The molecule has 24 heavy (non-hydrogen) atoms. The molecule has 2 heterocycles. The largest absolute Gasteiger partial charge is 0.508 e. The summed E-state index contributed by atoms with van der Waals surface area (Å²) in [5.41, 5.74) is 2.77. The van der Waals surface area contributed by atoms with Crippen LogP contribution in [0.15, 0.2) is 28.2 Å². The molecule has 1 saturated carbocycles. The summed E-state index contributed by atoms with van der Waals surface area (Å²) in [4.78, 5) is 4.43. The van der Waals surface area contributed by atoms with Gasteiger partial charge in [0.05, 0.1) is 13.2 Å². The summed E-state index contributed by atoms with van der Waals surface area (Å²) in [6.45, 7) is 5.83. The number of aromatic hydroxyl groups is 1. The lowest BCUT2D eigenvalue weighted by Crippen LogP contribution is -2.48. The van der Waals surface area contributed by atoms with Gasteiger partial charge in [0.2, 0.25) is 5.89 Å². The van der Waals surface area contributed by atoms with E-state index in [0.29, 0.717) is 17.0 Å². The number of benzene rings is 1. The molecule has 2 aromatic rings. The Morgan fingerprint density at radius 2 is 1.83 bits per heavy atom. The van der Waals surface area contributed by atoms with Crippen LogP contribution in [-0.2, 0) is 9.47 Å². The van der Waals surface area contributed by atoms with Crippen molar-refractivity contribution >= 4 is 17.2 Å². The second kappa shape index (κ2) is 5.60. The number of nitrogens with zero attached hydrogens (tertiary/aromatic N) is 1. The highest BCUT2D eigenvalue weighted by atomic mass is 16.7. The van der Waals surface area contributed by atoms with Crippen molar-refractivity contribution < 1.29 is 19.0 Å². The molecule has 0 radical (unpaired) electrons. The summed E-state index contributed by atoms with van der Waals surface area (Å²) in [6.07, 6.45) is 5.59. The molecule has 0 bridgehead atoms. The Kier molecular flexibility index (Phi) is 3.66. The Hall–Kier alpha value is -1.85. The summed E-state index contributed by atoms with van der Waals surface area (Å²) in [5, 5.41) is 9.51. The first kappa shape index (κ1) is 15.7. The third kappa shape index (κ3) is 3.06. The van der Waals surface area contributed by atoms with Crippen molar-refractivity contribution in [3.63, 3.8) is 0 Å². The molecule has 1 aromatic carbocycles. The van der Waals surface area contributed by atoms with E-state index >= 15 is 0 Å². The number of phenolic OH excluding ortho intramolecular Hbond substituents is 1. The highest BCUT2D eigenvalue weighted by Crippen LogP contribution is 2.41. The van der Waals surface area contributed by atoms with E-state index in [0.717, 1.165) is 38.9 Å². The molecule has 1 aliphatic carbocycles. The minimum Gasteiger partial charge on any atom is -0.508 e. The maximum Gasteiger partial charge on any atom is 0.219 e.